The van der Waals surface area contributed by atoms with E-state index in [1.165, 1.54) is 31.2 Å². The molecule has 0 amide bonds. The fourth-order valence-electron chi connectivity index (χ4n) is 4.28. The quantitative estimate of drug-likeness (QED) is 0.135. The molecule has 0 saturated heterocycles. The summed E-state index contributed by atoms with van der Waals surface area (Å²) in [5.41, 5.74) is 6.95. The summed E-state index contributed by atoms with van der Waals surface area (Å²) in [7, 11) is -3.96. The van der Waals surface area contributed by atoms with Gasteiger partial charge >= 0.3 is 6.18 Å². The number of rotatable bonds is 8. The van der Waals surface area contributed by atoms with E-state index in [0.29, 0.717) is 10.7 Å². The minimum atomic E-state index is -4.85. The molecule has 4 rings (SSSR count). The number of halogens is 6. The minimum Gasteiger partial charge on any atom is -0.392 e. The van der Waals surface area contributed by atoms with Crippen LogP contribution in [0.25, 0.3) is 22.5 Å². The van der Waals surface area contributed by atoms with E-state index in [2.05, 4.69) is 15.4 Å². The molecule has 0 radical (unpaired) electrons. The largest absolute Gasteiger partial charge is 0.436 e. The summed E-state index contributed by atoms with van der Waals surface area (Å²) in [6, 6.07) is 12.9. The van der Waals surface area contributed by atoms with Crippen molar-refractivity contribution >= 4 is 44.4 Å². The second-order valence-corrected chi connectivity index (χ2v) is 11.8. The van der Waals surface area contributed by atoms with E-state index in [0.717, 1.165) is 23.1 Å². The molecule has 0 spiro atoms. The van der Waals surface area contributed by atoms with Crippen LogP contribution in [0.15, 0.2) is 70.8 Å². The Morgan fingerprint density at radius 1 is 1.12 bits per heavy atom. The normalized spacial score (nSPS) is 12.5. The first-order valence-corrected chi connectivity index (χ1v) is 14.5. The van der Waals surface area contributed by atoms with E-state index in [-0.39, 0.29) is 33.9 Å². The van der Waals surface area contributed by atoms with Gasteiger partial charge in [0.25, 0.3) is 0 Å². The number of hydrogen-bond donors (Lipinski definition) is 3. The standard InChI is InChI=1S/C27H21Cl2F4N5O3S/c1-14-36-25(27(31,32)33)26(29)38(14)23-8-3-15(16-10-21(30)20(13-39)24(11-16)42(2,40)41)9-19(23)22(12-35-34)37-18-6-4-17(28)5-7-18/h3-12,34,37,39H,13H2,1-2H3/b22-12-,35-34?. The molecule has 15 heteroatoms. The third-order valence-corrected chi connectivity index (χ3v) is 7.91. The van der Waals surface area contributed by atoms with Crippen molar-refractivity contribution in [3.63, 3.8) is 0 Å². The van der Waals surface area contributed by atoms with E-state index >= 15 is 0 Å². The molecule has 220 valence electrons. The maximum Gasteiger partial charge on any atom is 0.436 e. The van der Waals surface area contributed by atoms with Gasteiger partial charge in [-0.15, -0.1) is 0 Å². The summed E-state index contributed by atoms with van der Waals surface area (Å²) in [5, 5.41) is 15.7. The van der Waals surface area contributed by atoms with Gasteiger partial charge in [0.05, 0.1) is 29.1 Å². The summed E-state index contributed by atoms with van der Waals surface area (Å²) < 4.78 is 81.7. The van der Waals surface area contributed by atoms with Crippen molar-refractivity contribution in [3.8, 4) is 16.8 Å². The van der Waals surface area contributed by atoms with E-state index in [1.807, 2.05) is 0 Å². The molecule has 3 aromatic carbocycles. The molecule has 3 N–H and O–H groups in total. The molecule has 1 aromatic heterocycles. The van der Waals surface area contributed by atoms with Gasteiger partial charge in [0.2, 0.25) is 0 Å². The van der Waals surface area contributed by atoms with Gasteiger partial charge in [-0.2, -0.15) is 18.3 Å². The smallest absolute Gasteiger partial charge is 0.392 e. The zero-order chi connectivity index (χ0) is 31.0. The third kappa shape index (κ3) is 6.33. The molecule has 0 fully saturated rings. The van der Waals surface area contributed by atoms with Crippen molar-refractivity contribution in [2.24, 2.45) is 5.11 Å². The van der Waals surface area contributed by atoms with Gasteiger partial charge in [-0.3, -0.25) is 4.57 Å². The van der Waals surface area contributed by atoms with Crippen LogP contribution in [0.5, 0.6) is 0 Å². The number of alkyl halides is 3. The van der Waals surface area contributed by atoms with Gasteiger partial charge in [-0.05, 0) is 66.6 Å². The van der Waals surface area contributed by atoms with Crippen LogP contribution in [0, 0.1) is 18.3 Å². The lowest BCUT2D eigenvalue weighted by Crippen LogP contribution is -2.09. The van der Waals surface area contributed by atoms with Gasteiger partial charge in [0, 0.05) is 28.1 Å². The van der Waals surface area contributed by atoms with Gasteiger partial charge in [-0.25, -0.2) is 23.3 Å². The molecule has 0 saturated carbocycles. The SMILES string of the molecule is Cc1nc(C(F)(F)F)c(Cl)n1-c1ccc(-c2cc(F)c(CO)c(S(C)(=O)=O)c2)cc1/C(=C/N=N)Nc1ccc(Cl)cc1. The summed E-state index contributed by atoms with van der Waals surface area (Å²) in [5.74, 6) is -1.08. The van der Waals surface area contributed by atoms with Crippen LogP contribution in [-0.2, 0) is 22.6 Å². The van der Waals surface area contributed by atoms with Gasteiger partial charge < -0.3 is 10.4 Å². The van der Waals surface area contributed by atoms with Crippen LogP contribution in [-0.4, -0.2) is 29.3 Å². The number of nitrogens with zero attached hydrogens (tertiary/aromatic N) is 3. The second kappa shape index (κ2) is 11.8. The lowest BCUT2D eigenvalue weighted by atomic mass is 9.98. The van der Waals surface area contributed by atoms with Crippen LogP contribution in [0.4, 0.5) is 23.2 Å². The molecular weight excluding hydrogens is 621 g/mol. The van der Waals surface area contributed by atoms with Crippen molar-refractivity contribution in [1.29, 1.82) is 5.53 Å². The highest BCUT2D eigenvalue weighted by Crippen LogP contribution is 2.39. The number of benzene rings is 3. The monoisotopic (exact) mass is 641 g/mol. The van der Waals surface area contributed by atoms with E-state index in [4.69, 9.17) is 28.7 Å². The van der Waals surface area contributed by atoms with Crippen LogP contribution in [0.2, 0.25) is 10.2 Å². The van der Waals surface area contributed by atoms with Gasteiger partial charge in [0.1, 0.15) is 16.8 Å². The molecule has 0 unspecified atom stereocenters. The lowest BCUT2D eigenvalue weighted by Gasteiger charge is -2.19. The van der Waals surface area contributed by atoms with E-state index < -0.39 is 49.7 Å². The number of anilines is 1. The fraction of sp³-hybridized carbons (Fsp3) is 0.148. The van der Waals surface area contributed by atoms with Crippen LogP contribution >= 0.6 is 23.2 Å². The van der Waals surface area contributed by atoms with Crippen molar-refractivity contribution in [2.45, 2.75) is 24.6 Å². The number of aliphatic hydroxyl groups excluding tert-OH is 1. The highest BCUT2D eigenvalue weighted by Gasteiger charge is 2.38. The summed E-state index contributed by atoms with van der Waals surface area (Å²) >= 11 is 12.2. The Labute approximate surface area is 247 Å². The number of aliphatic hydroxyl groups is 1. The average Bonchev–Trinajstić information content (AvgIpc) is 3.22. The highest BCUT2D eigenvalue weighted by atomic mass is 35.5. The van der Waals surface area contributed by atoms with Crippen molar-refractivity contribution in [1.82, 2.24) is 9.55 Å². The van der Waals surface area contributed by atoms with E-state index in [9.17, 15) is 31.1 Å². The number of aromatic nitrogens is 2. The summed E-state index contributed by atoms with van der Waals surface area (Å²) in [4.78, 5) is 3.17. The molecule has 0 bridgehead atoms. The number of hydrogen-bond acceptors (Lipinski definition) is 7. The number of imidazole rings is 1. The molecular formula is C27H21Cl2F4N5O3S. The van der Waals surface area contributed by atoms with Gasteiger partial charge in [0.15, 0.2) is 15.5 Å². The van der Waals surface area contributed by atoms with Crippen LogP contribution in [0.1, 0.15) is 22.6 Å². The lowest BCUT2D eigenvalue weighted by molar-refractivity contribution is -0.140. The molecule has 1 heterocycles. The predicted molar refractivity (Wildman–Crippen MR) is 151 cm³/mol. The second-order valence-electron chi connectivity index (χ2n) is 9.03. The van der Waals surface area contributed by atoms with Gasteiger partial charge in [-0.1, -0.05) is 29.3 Å². The molecule has 42 heavy (non-hydrogen) atoms. The molecule has 0 aliphatic carbocycles. The fourth-order valence-corrected chi connectivity index (χ4v) is 5.72. The van der Waals surface area contributed by atoms with E-state index in [1.54, 1.807) is 24.3 Å². The van der Waals surface area contributed by atoms with Crippen molar-refractivity contribution in [3.05, 3.63) is 99.4 Å². The van der Waals surface area contributed by atoms with Crippen LogP contribution < -0.4 is 5.32 Å². The Hall–Kier alpha value is -3.78. The van der Waals surface area contributed by atoms with Crippen LogP contribution in [0.3, 0.4) is 0 Å². The number of sulfone groups is 1. The number of aryl methyl sites for hydroxylation is 1. The Morgan fingerprint density at radius 3 is 2.33 bits per heavy atom. The third-order valence-electron chi connectivity index (χ3n) is 6.15. The summed E-state index contributed by atoms with van der Waals surface area (Å²) in [6.07, 6.45) is -2.88. The Morgan fingerprint density at radius 2 is 1.79 bits per heavy atom. The average molecular weight is 642 g/mol. The topological polar surface area (TPSA) is 120 Å². The Kier molecular flexibility index (Phi) is 8.78. The predicted octanol–water partition coefficient (Wildman–Crippen LogP) is 7.65. The first-order valence-electron chi connectivity index (χ1n) is 11.9. The molecule has 0 aliphatic rings. The Bertz CT molecular complexity index is 1820. The maximum atomic E-state index is 15.0. The first kappa shape index (κ1) is 31.2. The maximum absolute atomic E-state index is 15.0. The number of nitrogens with one attached hydrogen (secondary N) is 2. The first-order chi connectivity index (χ1) is 19.6. The Balaban J connectivity index is 2.02. The van der Waals surface area contributed by atoms with Crippen molar-refractivity contribution < 1.29 is 31.1 Å². The zero-order valence-electron chi connectivity index (χ0n) is 21.8. The zero-order valence-corrected chi connectivity index (χ0v) is 24.1. The minimum absolute atomic E-state index is 0.0935. The summed E-state index contributed by atoms with van der Waals surface area (Å²) in [6.45, 7) is 0.465. The molecule has 0 atom stereocenters. The molecule has 4 aromatic rings. The highest BCUT2D eigenvalue weighted by molar-refractivity contribution is 7.90. The van der Waals surface area contributed by atoms with Crippen molar-refractivity contribution in [2.75, 3.05) is 11.6 Å². The molecule has 0 aliphatic heterocycles. The molecule has 8 nitrogen and oxygen atoms in total.